The number of esters is 2. The lowest BCUT2D eigenvalue weighted by atomic mass is 9.88. The molecule has 0 aromatic carbocycles. The standard InChI is InChI=1S/C16H13N3O4S/c20-15-9-4-7-3-8(9)13(23-15)12(7)22-16(21)11-6-24-14(19-11)10-5-17-1-2-18-10/h1-2,5-9,12-13H,3-4H2/t7-,8+,9+,12-,13-/m1/s1. The van der Waals surface area contributed by atoms with Crippen molar-refractivity contribution >= 4 is 23.3 Å². The predicted octanol–water partition coefficient (Wildman–Crippen LogP) is 1.71. The van der Waals surface area contributed by atoms with Gasteiger partial charge in [-0.25, -0.2) is 9.78 Å². The Morgan fingerprint density at radius 2 is 2.25 bits per heavy atom. The van der Waals surface area contributed by atoms with E-state index in [2.05, 4.69) is 15.0 Å². The fourth-order valence-electron chi connectivity index (χ4n) is 4.14. The number of aromatic nitrogens is 3. The third kappa shape index (κ3) is 1.99. The number of ether oxygens (including phenoxy) is 2. The van der Waals surface area contributed by atoms with Crippen LogP contribution in [-0.4, -0.2) is 39.1 Å². The first kappa shape index (κ1) is 14.0. The molecule has 0 amide bonds. The molecule has 1 saturated heterocycles. The summed E-state index contributed by atoms with van der Waals surface area (Å²) in [4.78, 5) is 36.7. The first-order valence-electron chi connectivity index (χ1n) is 7.84. The van der Waals surface area contributed by atoms with E-state index in [1.807, 2.05) is 0 Å². The highest BCUT2D eigenvalue weighted by Crippen LogP contribution is 2.55. The molecule has 122 valence electrons. The van der Waals surface area contributed by atoms with Crippen LogP contribution in [-0.2, 0) is 14.3 Å². The monoisotopic (exact) mass is 343 g/mol. The van der Waals surface area contributed by atoms with Gasteiger partial charge in [0.05, 0.1) is 12.1 Å². The molecule has 2 aromatic rings. The molecule has 2 aliphatic carbocycles. The van der Waals surface area contributed by atoms with Gasteiger partial charge >= 0.3 is 11.9 Å². The van der Waals surface area contributed by atoms with Crippen LogP contribution in [0.3, 0.4) is 0 Å². The van der Waals surface area contributed by atoms with Crippen molar-refractivity contribution < 1.29 is 19.1 Å². The van der Waals surface area contributed by atoms with E-state index >= 15 is 0 Å². The zero-order valence-electron chi connectivity index (χ0n) is 12.5. The lowest BCUT2D eigenvalue weighted by Gasteiger charge is -2.24. The minimum Gasteiger partial charge on any atom is -0.458 e. The van der Waals surface area contributed by atoms with Gasteiger partial charge in [-0.05, 0) is 12.8 Å². The molecule has 2 saturated carbocycles. The number of thiazole rings is 1. The van der Waals surface area contributed by atoms with Crippen LogP contribution < -0.4 is 0 Å². The molecular formula is C16H13N3O4S. The van der Waals surface area contributed by atoms with Crippen molar-refractivity contribution in [3.8, 4) is 10.7 Å². The third-order valence-corrected chi connectivity index (χ3v) is 6.02. The summed E-state index contributed by atoms with van der Waals surface area (Å²) < 4.78 is 11.1. The summed E-state index contributed by atoms with van der Waals surface area (Å²) in [7, 11) is 0. The molecule has 0 N–H and O–H groups in total. The number of hydrogen-bond acceptors (Lipinski definition) is 8. The van der Waals surface area contributed by atoms with E-state index in [0.717, 1.165) is 12.8 Å². The van der Waals surface area contributed by atoms with Crippen molar-refractivity contribution in [2.75, 3.05) is 0 Å². The van der Waals surface area contributed by atoms with E-state index in [9.17, 15) is 9.59 Å². The topological polar surface area (TPSA) is 91.3 Å². The largest absolute Gasteiger partial charge is 0.458 e. The van der Waals surface area contributed by atoms with Gasteiger partial charge < -0.3 is 9.47 Å². The molecule has 3 heterocycles. The third-order valence-electron chi connectivity index (χ3n) is 5.15. The SMILES string of the molecule is O=C(O[C@@H]1[C@@H]2C[C@@H]3[C@H]1OC(=O)[C@H]3C2)c1csc(-c2cnccn2)n1. The van der Waals surface area contributed by atoms with Crippen LogP contribution in [0.15, 0.2) is 24.0 Å². The highest BCUT2D eigenvalue weighted by Gasteiger charge is 2.63. The Kier molecular flexibility index (Phi) is 2.97. The Bertz CT molecular complexity index is 824. The summed E-state index contributed by atoms with van der Waals surface area (Å²) in [6, 6.07) is 0. The van der Waals surface area contributed by atoms with E-state index in [4.69, 9.17) is 9.47 Å². The van der Waals surface area contributed by atoms with Crippen molar-refractivity contribution in [2.45, 2.75) is 25.0 Å². The van der Waals surface area contributed by atoms with Crippen LogP contribution in [0.5, 0.6) is 0 Å². The number of carbonyl (C=O) groups excluding carboxylic acids is 2. The van der Waals surface area contributed by atoms with Crippen LogP contribution in [0, 0.1) is 17.8 Å². The van der Waals surface area contributed by atoms with Crippen LogP contribution in [0.4, 0.5) is 0 Å². The van der Waals surface area contributed by atoms with Gasteiger partial charge in [-0.2, -0.15) is 0 Å². The fraction of sp³-hybridized carbons (Fsp3) is 0.438. The Labute approximate surface area is 141 Å². The molecule has 2 bridgehead atoms. The molecule has 0 unspecified atom stereocenters. The van der Waals surface area contributed by atoms with Gasteiger partial charge in [0.2, 0.25) is 0 Å². The molecule has 8 heteroatoms. The maximum atomic E-state index is 12.4. The number of rotatable bonds is 3. The second kappa shape index (κ2) is 5.07. The Morgan fingerprint density at radius 3 is 3.08 bits per heavy atom. The minimum absolute atomic E-state index is 0.0116. The highest BCUT2D eigenvalue weighted by atomic mass is 32.1. The highest BCUT2D eigenvalue weighted by molar-refractivity contribution is 7.13. The zero-order valence-corrected chi connectivity index (χ0v) is 13.3. The predicted molar refractivity (Wildman–Crippen MR) is 81.9 cm³/mol. The minimum atomic E-state index is -0.474. The first-order valence-corrected chi connectivity index (χ1v) is 8.72. The van der Waals surface area contributed by atoms with Crippen molar-refractivity contribution in [1.82, 2.24) is 15.0 Å². The lowest BCUT2D eigenvalue weighted by Crippen LogP contribution is -2.36. The van der Waals surface area contributed by atoms with Gasteiger partial charge in [0.1, 0.15) is 22.9 Å². The number of fused-ring (bicyclic) bond motifs is 1. The number of nitrogens with zero attached hydrogens (tertiary/aromatic N) is 3. The average Bonchev–Trinajstić information content (AvgIpc) is 3.33. The van der Waals surface area contributed by atoms with E-state index in [-0.39, 0.29) is 41.6 Å². The molecule has 2 aromatic heterocycles. The summed E-state index contributed by atoms with van der Waals surface area (Å²) in [5.74, 6) is -0.162. The van der Waals surface area contributed by atoms with E-state index < -0.39 is 5.97 Å². The summed E-state index contributed by atoms with van der Waals surface area (Å²) in [6.45, 7) is 0. The summed E-state index contributed by atoms with van der Waals surface area (Å²) in [6.07, 6.45) is 5.81. The molecular weight excluding hydrogens is 330 g/mol. The molecule has 3 aliphatic rings. The van der Waals surface area contributed by atoms with Gasteiger partial charge in [0.15, 0.2) is 5.69 Å². The summed E-state index contributed by atoms with van der Waals surface area (Å²) in [5.41, 5.74) is 0.873. The van der Waals surface area contributed by atoms with Gasteiger partial charge in [-0.1, -0.05) is 0 Å². The lowest BCUT2D eigenvalue weighted by molar-refractivity contribution is -0.146. The molecule has 5 atom stereocenters. The van der Waals surface area contributed by atoms with Gasteiger partial charge in [0.25, 0.3) is 0 Å². The maximum Gasteiger partial charge on any atom is 0.358 e. The van der Waals surface area contributed by atoms with E-state index in [1.165, 1.54) is 11.3 Å². The van der Waals surface area contributed by atoms with E-state index in [1.54, 1.807) is 24.0 Å². The van der Waals surface area contributed by atoms with Crippen LogP contribution in [0.2, 0.25) is 0 Å². The van der Waals surface area contributed by atoms with Crippen molar-refractivity contribution in [1.29, 1.82) is 0 Å². The zero-order chi connectivity index (χ0) is 16.3. The average molecular weight is 343 g/mol. The van der Waals surface area contributed by atoms with E-state index in [0.29, 0.717) is 10.7 Å². The molecule has 5 rings (SSSR count). The number of carbonyl (C=O) groups is 2. The van der Waals surface area contributed by atoms with Gasteiger partial charge in [-0.15, -0.1) is 11.3 Å². The van der Waals surface area contributed by atoms with Crippen LogP contribution in [0.1, 0.15) is 23.3 Å². The second-order valence-electron chi connectivity index (χ2n) is 6.40. The van der Waals surface area contributed by atoms with Crippen molar-refractivity contribution in [3.05, 3.63) is 29.7 Å². The number of hydrogen-bond donors (Lipinski definition) is 0. The summed E-state index contributed by atoms with van der Waals surface area (Å²) in [5, 5.41) is 2.28. The maximum absolute atomic E-state index is 12.4. The van der Waals surface area contributed by atoms with Gasteiger partial charge in [-0.3, -0.25) is 14.8 Å². The van der Waals surface area contributed by atoms with Crippen LogP contribution >= 0.6 is 11.3 Å². The normalized spacial score (nSPS) is 32.8. The van der Waals surface area contributed by atoms with Crippen molar-refractivity contribution in [3.63, 3.8) is 0 Å². The smallest absolute Gasteiger partial charge is 0.358 e. The van der Waals surface area contributed by atoms with Crippen LogP contribution in [0.25, 0.3) is 10.7 Å². The Balaban J connectivity index is 1.33. The van der Waals surface area contributed by atoms with Crippen molar-refractivity contribution in [2.24, 2.45) is 17.8 Å². The molecule has 3 fully saturated rings. The Hall–Kier alpha value is -2.35. The fourth-order valence-corrected chi connectivity index (χ4v) is 4.89. The Morgan fingerprint density at radius 1 is 1.33 bits per heavy atom. The molecule has 0 radical (unpaired) electrons. The molecule has 24 heavy (non-hydrogen) atoms. The first-order chi connectivity index (χ1) is 11.7. The molecule has 7 nitrogen and oxygen atoms in total. The van der Waals surface area contributed by atoms with Gasteiger partial charge in [0, 0.05) is 29.6 Å². The molecule has 0 spiro atoms. The quantitative estimate of drug-likeness (QED) is 0.783. The second-order valence-corrected chi connectivity index (χ2v) is 7.26. The molecule has 1 aliphatic heterocycles. The summed E-state index contributed by atoms with van der Waals surface area (Å²) >= 11 is 1.32.